The van der Waals surface area contributed by atoms with Gasteiger partial charge in [-0.15, -0.1) is 0 Å². The number of rotatable bonds is 4. The largest absolute Gasteiger partial charge is 0.496 e. The Hall–Kier alpha value is -1.85. The van der Waals surface area contributed by atoms with Gasteiger partial charge in [0.1, 0.15) is 5.75 Å². The second-order valence-electron chi connectivity index (χ2n) is 4.93. The first-order chi connectivity index (χ1) is 10.9. The summed E-state index contributed by atoms with van der Waals surface area (Å²) < 4.78 is 6.05. The fourth-order valence-corrected chi connectivity index (χ4v) is 2.63. The topological polar surface area (TPSA) is 50.7 Å². The van der Waals surface area contributed by atoms with E-state index in [1.807, 2.05) is 26.0 Å². The summed E-state index contributed by atoms with van der Waals surface area (Å²) in [6.07, 6.45) is 1.60. The van der Waals surface area contributed by atoms with E-state index in [9.17, 15) is 4.79 Å². The van der Waals surface area contributed by atoms with E-state index in [2.05, 4.69) is 26.5 Å². The predicted molar refractivity (Wildman–Crippen MR) is 96.7 cm³/mol. The van der Waals surface area contributed by atoms with Crippen molar-refractivity contribution in [2.24, 2.45) is 5.10 Å². The number of nitrogens with zero attached hydrogens (tertiary/aromatic N) is 1. The molecule has 4 nitrogen and oxygen atoms in total. The maximum atomic E-state index is 12.1. The lowest BCUT2D eigenvalue weighted by molar-refractivity contribution is 0.0955. The molecule has 2 rings (SSSR count). The number of benzene rings is 2. The molecule has 1 amide bonds. The molecule has 0 saturated heterocycles. The van der Waals surface area contributed by atoms with Gasteiger partial charge in [0.05, 0.1) is 23.9 Å². The fraction of sp³-hybridized carbons (Fsp3) is 0.176. The highest BCUT2D eigenvalue weighted by Gasteiger charge is 2.10. The van der Waals surface area contributed by atoms with Gasteiger partial charge in [0.25, 0.3) is 5.91 Å². The molecule has 0 fully saturated rings. The van der Waals surface area contributed by atoms with Crippen molar-refractivity contribution in [1.82, 2.24) is 5.43 Å². The minimum atomic E-state index is -0.365. The smallest absolute Gasteiger partial charge is 0.272 e. The summed E-state index contributed by atoms with van der Waals surface area (Å²) in [5, 5.41) is 4.38. The SMILES string of the molecule is COc1ccc(/C=N/NC(=O)c2cc(Br)ccc2Cl)c(C)c1C. The van der Waals surface area contributed by atoms with Crippen molar-refractivity contribution in [3.8, 4) is 5.75 Å². The van der Waals surface area contributed by atoms with Crippen LogP contribution in [-0.2, 0) is 0 Å². The van der Waals surface area contributed by atoms with E-state index in [4.69, 9.17) is 16.3 Å². The number of hydrogen-bond acceptors (Lipinski definition) is 3. The Bertz CT molecular complexity index is 775. The number of ether oxygens (including phenoxy) is 1. The quantitative estimate of drug-likeness (QED) is 0.612. The van der Waals surface area contributed by atoms with Crippen LogP contribution in [0, 0.1) is 13.8 Å². The minimum absolute atomic E-state index is 0.362. The Kier molecular flexibility index (Phi) is 5.80. The Labute approximate surface area is 148 Å². The molecule has 120 valence electrons. The van der Waals surface area contributed by atoms with Crippen molar-refractivity contribution in [3.05, 3.63) is 62.1 Å². The van der Waals surface area contributed by atoms with Gasteiger partial charge in [-0.05, 0) is 60.9 Å². The molecule has 23 heavy (non-hydrogen) atoms. The van der Waals surface area contributed by atoms with Crippen molar-refractivity contribution in [2.75, 3.05) is 7.11 Å². The van der Waals surface area contributed by atoms with Crippen LogP contribution >= 0.6 is 27.5 Å². The van der Waals surface area contributed by atoms with E-state index < -0.39 is 0 Å². The summed E-state index contributed by atoms with van der Waals surface area (Å²) >= 11 is 9.33. The molecule has 1 N–H and O–H groups in total. The lowest BCUT2D eigenvalue weighted by Gasteiger charge is -2.09. The van der Waals surface area contributed by atoms with Gasteiger partial charge in [-0.1, -0.05) is 27.5 Å². The van der Waals surface area contributed by atoms with Gasteiger partial charge >= 0.3 is 0 Å². The van der Waals surface area contributed by atoms with Crippen LogP contribution in [0.5, 0.6) is 5.75 Å². The lowest BCUT2D eigenvalue weighted by atomic mass is 10.0. The van der Waals surface area contributed by atoms with Crippen LogP contribution in [0.15, 0.2) is 39.9 Å². The normalized spacial score (nSPS) is 10.8. The maximum Gasteiger partial charge on any atom is 0.272 e. The number of carbonyl (C=O) groups is 1. The van der Waals surface area contributed by atoms with E-state index in [0.29, 0.717) is 10.6 Å². The van der Waals surface area contributed by atoms with E-state index >= 15 is 0 Å². The molecule has 0 radical (unpaired) electrons. The highest BCUT2D eigenvalue weighted by Crippen LogP contribution is 2.23. The predicted octanol–water partition coefficient (Wildman–Crippen LogP) is 4.49. The maximum absolute atomic E-state index is 12.1. The highest BCUT2D eigenvalue weighted by molar-refractivity contribution is 9.10. The van der Waals surface area contributed by atoms with Crippen LogP contribution in [-0.4, -0.2) is 19.2 Å². The summed E-state index contributed by atoms with van der Waals surface area (Å²) in [6, 6.07) is 8.84. The van der Waals surface area contributed by atoms with Crippen LogP contribution in [0.3, 0.4) is 0 Å². The van der Waals surface area contributed by atoms with Crippen LogP contribution < -0.4 is 10.2 Å². The van der Waals surface area contributed by atoms with E-state index in [1.54, 1.807) is 31.5 Å². The van der Waals surface area contributed by atoms with E-state index in [-0.39, 0.29) is 5.91 Å². The number of hydrazone groups is 1. The van der Waals surface area contributed by atoms with Gasteiger partial charge in [0.15, 0.2) is 0 Å². The van der Waals surface area contributed by atoms with Crippen molar-refractivity contribution < 1.29 is 9.53 Å². The van der Waals surface area contributed by atoms with Crippen LogP contribution in [0.25, 0.3) is 0 Å². The van der Waals surface area contributed by atoms with Gasteiger partial charge in [0, 0.05) is 4.47 Å². The average molecular weight is 396 g/mol. The Morgan fingerprint density at radius 3 is 2.70 bits per heavy atom. The zero-order valence-electron chi connectivity index (χ0n) is 13.0. The molecule has 0 aliphatic heterocycles. The third kappa shape index (κ3) is 4.12. The van der Waals surface area contributed by atoms with Crippen LogP contribution in [0.2, 0.25) is 5.02 Å². The Balaban J connectivity index is 2.14. The Morgan fingerprint density at radius 2 is 2.00 bits per heavy atom. The fourth-order valence-electron chi connectivity index (χ4n) is 2.07. The molecule has 2 aromatic rings. The van der Waals surface area contributed by atoms with Crippen LogP contribution in [0.1, 0.15) is 27.0 Å². The first kappa shape index (κ1) is 17.5. The molecular weight excluding hydrogens is 380 g/mol. The first-order valence-electron chi connectivity index (χ1n) is 6.86. The lowest BCUT2D eigenvalue weighted by Crippen LogP contribution is -2.18. The monoisotopic (exact) mass is 394 g/mol. The minimum Gasteiger partial charge on any atom is -0.496 e. The van der Waals surface area contributed by atoms with E-state index in [0.717, 1.165) is 26.9 Å². The van der Waals surface area contributed by atoms with Gasteiger partial charge < -0.3 is 4.74 Å². The average Bonchev–Trinajstić information content (AvgIpc) is 2.53. The number of nitrogens with one attached hydrogen (secondary N) is 1. The Morgan fingerprint density at radius 1 is 1.26 bits per heavy atom. The molecular formula is C17H16BrClN2O2. The number of carbonyl (C=O) groups excluding carboxylic acids is 1. The molecule has 0 atom stereocenters. The van der Waals surface area contributed by atoms with Crippen molar-refractivity contribution in [2.45, 2.75) is 13.8 Å². The number of hydrogen-bond donors (Lipinski definition) is 1. The zero-order chi connectivity index (χ0) is 17.0. The van der Waals surface area contributed by atoms with Crippen LogP contribution in [0.4, 0.5) is 0 Å². The van der Waals surface area contributed by atoms with Crippen molar-refractivity contribution in [1.29, 1.82) is 0 Å². The highest BCUT2D eigenvalue weighted by atomic mass is 79.9. The van der Waals surface area contributed by atoms with Gasteiger partial charge in [-0.25, -0.2) is 5.43 Å². The molecule has 0 aliphatic rings. The number of halogens is 2. The molecule has 0 bridgehead atoms. The summed E-state index contributed by atoms with van der Waals surface area (Å²) in [6.45, 7) is 3.96. The third-order valence-corrected chi connectivity index (χ3v) is 4.36. The summed E-state index contributed by atoms with van der Waals surface area (Å²) in [5.74, 6) is 0.458. The molecule has 0 spiro atoms. The number of methoxy groups -OCH3 is 1. The van der Waals surface area contributed by atoms with Gasteiger partial charge in [-0.3, -0.25) is 4.79 Å². The molecule has 6 heteroatoms. The molecule has 0 aliphatic carbocycles. The second-order valence-corrected chi connectivity index (χ2v) is 6.25. The summed E-state index contributed by atoms with van der Waals surface area (Å²) in [5.41, 5.74) is 5.84. The molecule has 0 heterocycles. The molecule has 2 aromatic carbocycles. The second kappa shape index (κ2) is 7.62. The summed E-state index contributed by atoms with van der Waals surface area (Å²) in [4.78, 5) is 12.1. The standard InChI is InChI=1S/C17H16BrClN2O2/c1-10-11(2)16(23-3)7-4-12(10)9-20-21-17(22)14-8-13(18)5-6-15(14)19/h4-9H,1-3H3,(H,21,22)/b20-9+. The van der Waals surface area contributed by atoms with E-state index in [1.165, 1.54) is 0 Å². The third-order valence-electron chi connectivity index (χ3n) is 3.54. The van der Waals surface area contributed by atoms with Gasteiger partial charge in [0.2, 0.25) is 0 Å². The van der Waals surface area contributed by atoms with Crippen molar-refractivity contribution >= 4 is 39.7 Å². The zero-order valence-corrected chi connectivity index (χ0v) is 15.3. The molecule has 0 saturated carbocycles. The molecule has 0 unspecified atom stereocenters. The summed E-state index contributed by atoms with van der Waals surface area (Å²) in [7, 11) is 1.64. The number of amides is 1. The van der Waals surface area contributed by atoms with Gasteiger partial charge in [-0.2, -0.15) is 5.10 Å². The molecule has 0 aromatic heterocycles. The van der Waals surface area contributed by atoms with Crippen molar-refractivity contribution in [3.63, 3.8) is 0 Å². The first-order valence-corrected chi connectivity index (χ1v) is 8.03.